The Morgan fingerprint density at radius 1 is 1.39 bits per heavy atom. The summed E-state index contributed by atoms with van der Waals surface area (Å²) in [6.45, 7) is 0.909. The quantitative estimate of drug-likeness (QED) is 0.868. The third-order valence-electron chi connectivity index (χ3n) is 3.01. The van der Waals surface area contributed by atoms with Crippen LogP contribution in [0.1, 0.15) is 11.1 Å². The molecule has 1 aromatic carbocycles. The van der Waals surface area contributed by atoms with E-state index in [9.17, 15) is 18.3 Å². The third kappa shape index (κ3) is 2.59. The van der Waals surface area contributed by atoms with Crippen molar-refractivity contribution in [1.82, 2.24) is 5.32 Å². The van der Waals surface area contributed by atoms with Gasteiger partial charge in [0.1, 0.15) is 5.75 Å². The number of nitrogens with one attached hydrogen (secondary N) is 1. The monoisotopic (exact) mass is 261 g/mol. The van der Waals surface area contributed by atoms with Crippen LogP contribution in [0.4, 0.5) is 13.2 Å². The Labute approximate surface area is 103 Å². The van der Waals surface area contributed by atoms with Gasteiger partial charge in [0.2, 0.25) is 0 Å². The maximum Gasteiger partial charge on any atom is 0.419 e. The number of aliphatic hydroxyl groups is 1. The van der Waals surface area contributed by atoms with E-state index in [1.165, 1.54) is 19.2 Å². The van der Waals surface area contributed by atoms with Crippen LogP contribution in [0.5, 0.6) is 5.75 Å². The van der Waals surface area contributed by atoms with Crippen LogP contribution in [0.3, 0.4) is 0 Å². The van der Waals surface area contributed by atoms with Gasteiger partial charge < -0.3 is 15.2 Å². The standard InChI is InChI=1S/C12H14F3NO2/c1-18-10-4-8(5-11(17)6-16-7-11)2-3-9(10)12(13,14)15/h2-4,16-17H,5-7H2,1H3. The first-order chi connectivity index (χ1) is 8.34. The highest BCUT2D eigenvalue weighted by molar-refractivity contribution is 5.40. The molecular weight excluding hydrogens is 247 g/mol. The highest BCUT2D eigenvalue weighted by Crippen LogP contribution is 2.37. The fourth-order valence-electron chi connectivity index (χ4n) is 2.00. The van der Waals surface area contributed by atoms with Gasteiger partial charge >= 0.3 is 6.18 Å². The Hall–Kier alpha value is -1.27. The van der Waals surface area contributed by atoms with Crippen LogP contribution in [0.25, 0.3) is 0 Å². The summed E-state index contributed by atoms with van der Waals surface area (Å²) in [5.41, 5.74) is -1.03. The summed E-state index contributed by atoms with van der Waals surface area (Å²) in [6, 6.07) is 3.70. The molecule has 6 heteroatoms. The number of halogens is 3. The van der Waals surface area contributed by atoms with Crippen LogP contribution in [-0.2, 0) is 12.6 Å². The minimum Gasteiger partial charge on any atom is -0.496 e. The molecule has 1 aliphatic rings. The molecule has 0 bridgehead atoms. The second kappa shape index (κ2) is 4.44. The predicted octanol–water partition coefficient (Wildman–Crippen LogP) is 1.59. The molecule has 18 heavy (non-hydrogen) atoms. The second-order valence-electron chi connectivity index (χ2n) is 4.54. The molecule has 1 heterocycles. The molecule has 2 rings (SSSR count). The Morgan fingerprint density at radius 3 is 2.50 bits per heavy atom. The van der Waals surface area contributed by atoms with E-state index in [1.807, 2.05) is 0 Å². The first-order valence-corrected chi connectivity index (χ1v) is 5.51. The summed E-state index contributed by atoms with van der Waals surface area (Å²) in [7, 11) is 1.20. The summed E-state index contributed by atoms with van der Waals surface area (Å²) < 4.78 is 42.7. The van der Waals surface area contributed by atoms with E-state index in [1.54, 1.807) is 0 Å². The number of ether oxygens (including phenoxy) is 1. The normalized spacial score (nSPS) is 18.3. The summed E-state index contributed by atoms with van der Waals surface area (Å²) in [5.74, 6) is -0.212. The van der Waals surface area contributed by atoms with Crippen LogP contribution < -0.4 is 10.1 Å². The van der Waals surface area contributed by atoms with Crippen LogP contribution in [0.2, 0.25) is 0 Å². The minimum atomic E-state index is -4.43. The fourth-order valence-corrected chi connectivity index (χ4v) is 2.00. The lowest BCUT2D eigenvalue weighted by Crippen LogP contribution is -2.60. The van der Waals surface area contributed by atoms with Crippen LogP contribution >= 0.6 is 0 Å². The molecule has 0 spiro atoms. The van der Waals surface area contributed by atoms with Crippen molar-refractivity contribution in [3.8, 4) is 5.75 Å². The molecule has 3 nitrogen and oxygen atoms in total. The zero-order valence-corrected chi connectivity index (χ0v) is 9.84. The number of alkyl halides is 3. The molecule has 0 unspecified atom stereocenters. The van der Waals surface area contributed by atoms with E-state index in [0.29, 0.717) is 25.1 Å². The van der Waals surface area contributed by atoms with Gasteiger partial charge in [-0.2, -0.15) is 13.2 Å². The van der Waals surface area contributed by atoms with E-state index in [0.717, 1.165) is 6.07 Å². The fraction of sp³-hybridized carbons (Fsp3) is 0.500. The lowest BCUT2D eigenvalue weighted by molar-refractivity contribution is -0.138. The average Bonchev–Trinajstić information content (AvgIpc) is 2.25. The largest absolute Gasteiger partial charge is 0.496 e. The zero-order valence-electron chi connectivity index (χ0n) is 9.84. The molecule has 0 saturated carbocycles. The minimum absolute atomic E-state index is 0.212. The lowest BCUT2D eigenvalue weighted by atomic mass is 9.89. The molecule has 0 amide bonds. The van der Waals surface area contributed by atoms with Gasteiger partial charge in [-0.3, -0.25) is 0 Å². The highest BCUT2D eigenvalue weighted by atomic mass is 19.4. The van der Waals surface area contributed by atoms with Gasteiger partial charge in [-0.1, -0.05) is 6.07 Å². The smallest absolute Gasteiger partial charge is 0.419 e. The van der Waals surface area contributed by atoms with Crippen molar-refractivity contribution in [2.75, 3.05) is 20.2 Å². The number of methoxy groups -OCH3 is 1. The van der Waals surface area contributed by atoms with Gasteiger partial charge in [0.05, 0.1) is 18.3 Å². The molecular formula is C12H14F3NO2. The molecule has 0 radical (unpaired) electrons. The van der Waals surface area contributed by atoms with Crippen molar-refractivity contribution in [3.63, 3.8) is 0 Å². The molecule has 0 atom stereocenters. The highest BCUT2D eigenvalue weighted by Gasteiger charge is 2.36. The van der Waals surface area contributed by atoms with E-state index in [-0.39, 0.29) is 5.75 Å². The van der Waals surface area contributed by atoms with Crippen LogP contribution in [0, 0.1) is 0 Å². The van der Waals surface area contributed by atoms with E-state index in [4.69, 9.17) is 4.74 Å². The Balaban J connectivity index is 2.24. The Kier molecular flexibility index (Phi) is 3.25. The van der Waals surface area contributed by atoms with Gasteiger partial charge in [0.15, 0.2) is 0 Å². The van der Waals surface area contributed by atoms with Crippen LogP contribution in [-0.4, -0.2) is 30.9 Å². The third-order valence-corrected chi connectivity index (χ3v) is 3.01. The van der Waals surface area contributed by atoms with Crippen molar-refractivity contribution >= 4 is 0 Å². The molecule has 0 aromatic heterocycles. The molecule has 1 aliphatic heterocycles. The van der Waals surface area contributed by atoms with Crippen LogP contribution in [0.15, 0.2) is 18.2 Å². The first kappa shape index (κ1) is 13.2. The van der Waals surface area contributed by atoms with Gasteiger partial charge in [-0.25, -0.2) is 0 Å². The first-order valence-electron chi connectivity index (χ1n) is 5.51. The zero-order chi connectivity index (χ0) is 13.4. The predicted molar refractivity (Wildman–Crippen MR) is 59.5 cm³/mol. The van der Waals surface area contributed by atoms with E-state index in [2.05, 4.69) is 5.32 Å². The van der Waals surface area contributed by atoms with Gasteiger partial charge in [-0.15, -0.1) is 0 Å². The molecule has 2 N–H and O–H groups in total. The molecule has 1 saturated heterocycles. The average molecular weight is 261 g/mol. The van der Waals surface area contributed by atoms with Gasteiger partial charge in [-0.05, 0) is 17.7 Å². The number of rotatable bonds is 3. The number of β-amino-alcohol motifs (C(OH)–C–C–N with tert-alkyl or cyclic N) is 1. The topological polar surface area (TPSA) is 41.5 Å². The van der Waals surface area contributed by atoms with Crippen molar-refractivity contribution in [2.45, 2.75) is 18.2 Å². The SMILES string of the molecule is COc1cc(CC2(O)CNC2)ccc1C(F)(F)F. The Morgan fingerprint density at radius 2 is 2.06 bits per heavy atom. The van der Waals surface area contributed by atoms with Gasteiger partial charge in [0.25, 0.3) is 0 Å². The molecule has 0 aliphatic carbocycles. The van der Waals surface area contributed by atoms with E-state index >= 15 is 0 Å². The number of hydrogen-bond acceptors (Lipinski definition) is 3. The van der Waals surface area contributed by atoms with Crippen molar-refractivity contribution in [3.05, 3.63) is 29.3 Å². The molecule has 1 aromatic rings. The summed E-state index contributed by atoms with van der Waals surface area (Å²) in [5, 5.41) is 12.9. The maximum absolute atomic E-state index is 12.6. The van der Waals surface area contributed by atoms with E-state index < -0.39 is 17.3 Å². The summed E-state index contributed by atoms with van der Waals surface area (Å²) in [4.78, 5) is 0. The summed E-state index contributed by atoms with van der Waals surface area (Å²) in [6.07, 6.45) is -4.12. The van der Waals surface area contributed by atoms with Gasteiger partial charge in [0, 0.05) is 19.5 Å². The number of hydrogen-bond donors (Lipinski definition) is 2. The molecule has 1 fully saturated rings. The Bertz CT molecular complexity index is 441. The lowest BCUT2D eigenvalue weighted by Gasteiger charge is -2.37. The van der Waals surface area contributed by atoms with Crippen molar-refractivity contribution < 1.29 is 23.0 Å². The van der Waals surface area contributed by atoms with Crippen molar-refractivity contribution in [2.24, 2.45) is 0 Å². The maximum atomic E-state index is 12.6. The molecule has 100 valence electrons. The number of benzene rings is 1. The summed E-state index contributed by atoms with van der Waals surface area (Å²) >= 11 is 0. The second-order valence-corrected chi connectivity index (χ2v) is 4.54. The van der Waals surface area contributed by atoms with Crippen molar-refractivity contribution in [1.29, 1.82) is 0 Å².